The van der Waals surface area contributed by atoms with E-state index in [0.717, 1.165) is 23.5 Å². The van der Waals surface area contributed by atoms with Crippen LogP contribution in [0.2, 0.25) is 0 Å². The first-order valence-corrected chi connectivity index (χ1v) is 5.64. The monoisotopic (exact) mass is 160 g/mol. The zero-order chi connectivity index (χ0) is 7.72. The summed E-state index contributed by atoms with van der Waals surface area (Å²) in [4.78, 5) is 0. The Hall–Kier alpha value is 0.150. The second-order valence-electron chi connectivity index (χ2n) is 3.64. The third-order valence-electron chi connectivity index (χ3n) is 2.28. The SMILES string of the molecule is CC(C)C1CC1CS(C)=O. The molecule has 0 radical (unpaired) electrons. The molecule has 0 aliphatic heterocycles. The van der Waals surface area contributed by atoms with Crippen molar-refractivity contribution in [2.45, 2.75) is 20.3 Å². The van der Waals surface area contributed by atoms with Crippen molar-refractivity contribution in [1.82, 2.24) is 0 Å². The Morgan fingerprint density at radius 2 is 2.20 bits per heavy atom. The Morgan fingerprint density at radius 3 is 2.50 bits per heavy atom. The number of rotatable bonds is 3. The van der Waals surface area contributed by atoms with Gasteiger partial charge in [0.15, 0.2) is 0 Å². The molecule has 0 N–H and O–H groups in total. The molecule has 0 heterocycles. The van der Waals surface area contributed by atoms with Gasteiger partial charge >= 0.3 is 0 Å². The van der Waals surface area contributed by atoms with Crippen molar-refractivity contribution in [3.8, 4) is 0 Å². The smallest absolute Gasteiger partial charge is 0.0263 e. The molecule has 0 bridgehead atoms. The van der Waals surface area contributed by atoms with Gasteiger partial charge in [0.25, 0.3) is 0 Å². The minimum absolute atomic E-state index is 0.570. The molecule has 1 nitrogen and oxygen atoms in total. The molecule has 60 valence electrons. The molecule has 0 aromatic heterocycles. The molecule has 3 unspecified atom stereocenters. The van der Waals surface area contributed by atoms with Crippen LogP contribution in [0.1, 0.15) is 20.3 Å². The average molecular weight is 160 g/mol. The van der Waals surface area contributed by atoms with Crippen molar-refractivity contribution in [3.63, 3.8) is 0 Å². The summed E-state index contributed by atoms with van der Waals surface area (Å²) in [6.45, 7) is 4.51. The first kappa shape index (κ1) is 8.25. The third-order valence-corrected chi connectivity index (χ3v) is 3.18. The van der Waals surface area contributed by atoms with Gasteiger partial charge in [0.05, 0.1) is 0 Å². The molecule has 10 heavy (non-hydrogen) atoms. The third kappa shape index (κ3) is 2.08. The zero-order valence-corrected chi connectivity index (χ0v) is 7.78. The fraction of sp³-hybridized carbons (Fsp3) is 1.00. The summed E-state index contributed by atoms with van der Waals surface area (Å²) in [6.07, 6.45) is 3.12. The van der Waals surface area contributed by atoms with Crippen molar-refractivity contribution in [2.24, 2.45) is 17.8 Å². The normalized spacial score (nSPS) is 34.4. The quantitative estimate of drug-likeness (QED) is 0.613. The van der Waals surface area contributed by atoms with Gasteiger partial charge < -0.3 is 0 Å². The predicted molar refractivity (Wildman–Crippen MR) is 45.4 cm³/mol. The first-order chi connectivity index (χ1) is 4.61. The van der Waals surface area contributed by atoms with Crippen molar-refractivity contribution in [2.75, 3.05) is 12.0 Å². The topological polar surface area (TPSA) is 17.1 Å². The number of hydrogen-bond donors (Lipinski definition) is 0. The molecule has 1 aliphatic rings. The summed E-state index contributed by atoms with van der Waals surface area (Å²) >= 11 is 0. The molecule has 0 amide bonds. The molecule has 3 atom stereocenters. The van der Waals surface area contributed by atoms with E-state index in [1.165, 1.54) is 6.42 Å². The molecule has 1 fully saturated rings. The fourth-order valence-electron chi connectivity index (χ4n) is 1.58. The predicted octanol–water partition coefficient (Wildman–Crippen LogP) is 1.66. The van der Waals surface area contributed by atoms with E-state index in [0.29, 0.717) is 0 Å². The van der Waals surface area contributed by atoms with Gasteiger partial charge in [-0.3, -0.25) is 4.21 Å². The highest BCUT2D eigenvalue weighted by Crippen LogP contribution is 2.44. The molecule has 0 spiro atoms. The second kappa shape index (κ2) is 3.04. The zero-order valence-electron chi connectivity index (χ0n) is 6.96. The van der Waals surface area contributed by atoms with Gasteiger partial charge in [-0.1, -0.05) is 13.8 Å². The Morgan fingerprint density at radius 1 is 1.60 bits per heavy atom. The Balaban J connectivity index is 2.19. The molecule has 1 aliphatic carbocycles. The lowest BCUT2D eigenvalue weighted by Crippen LogP contribution is -2.00. The van der Waals surface area contributed by atoms with Crippen LogP contribution < -0.4 is 0 Å². The second-order valence-corrected chi connectivity index (χ2v) is 5.12. The lowest BCUT2D eigenvalue weighted by molar-refractivity contribution is 0.531. The van der Waals surface area contributed by atoms with E-state index in [4.69, 9.17) is 0 Å². The largest absolute Gasteiger partial charge is 0.260 e. The highest BCUT2D eigenvalue weighted by Gasteiger charge is 2.39. The van der Waals surface area contributed by atoms with Gasteiger partial charge in [-0.25, -0.2) is 0 Å². The summed E-state index contributed by atoms with van der Waals surface area (Å²) in [5.74, 6) is 3.39. The van der Waals surface area contributed by atoms with Gasteiger partial charge in [0.1, 0.15) is 0 Å². The maximum atomic E-state index is 10.8. The molecule has 0 aromatic carbocycles. The van der Waals surface area contributed by atoms with Crippen molar-refractivity contribution in [3.05, 3.63) is 0 Å². The summed E-state index contributed by atoms with van der Waals surface area (Å²) in [5, 5.41) is 0. The van der Waals surface area contributed by atoms with E-state index in [1.54, 1.807) is 6.26 Å². The molecule has 0 aromatic rings. The van der Waals surface area contributed by atoms with Crippen molar-refractivity contribution >= 4 is 10.8 Å². The Labute approximate surface area is 65.7 Å². The first-order valence-electron chi connectivity index (χ1n) is 3.91. The summed E-state index contributed by atoms with van der Waals surface area (Å²) in [5.41, 5.74) is 0. The summed E-state index contributed by atoms with van der Waals surface area (Å²) < 4.78 is 10.8. The van der Waals surface area contributed by atoms with Crippen molar-refractivity contribution < 1.29 is 4.21 Å². The molecular weight excluding hydrogens is 144 g/mol. The minimum atomic E-state index is -0.570. The highest BCUT2D eigenvalue weighted by atomic mass is 32.2. The van der Waals surface area contributed by atoms with Gasteiger partial charge in [-0.2, -0.15) is 0 Å². The maximum Gasteiger partial charge on any atom is 0.0263 e. The molecule has 1 rings (SSSR count). The van der Waals surface area contributed by atoms with Crippen LogP contribution in [-0.2, 0) is 10.8 Å². The van der Waals surface area contributed by atoms with Crippen LogP contribution in [0, 0.1) is 17.8 Å². The minimum Gasteiger partial charge on any atom is -0.260 e. The fourth-order valence-corrected chi connectivity index (χ4v) is 2.57. The van der Waals surface area contributed by atoms with Crippen LogP contribution in [0.15, 0.2) is 0 Å². The summed E-state index contributed by atoms with van der Waals surface area (Å²) in [7, 11) is -0.570. The Kier molecular flexibility index (Phi) is 2.50. The molecular formula is C8H16OS. The van der Waals surface area contributed by atoms with Gasteiger partial charge in [0, 0.05) is 22.8 Å². The van der Waals surface area contributed by atoms with Gasteiger partial charge in [-0.15, -0.1) is 0 Å². The lowest BCUT2D eigenvalue weighted by Gasteiger charge is -2.00. The van der Waals surface area contributed by atoms with E-state index in [2.05, 4.69) is 13.8 Å². The standard InChI is InChI=1S/C8H16OS/c1-6(2)8-4-7(8)5-10(3)9/h6-8H,4-5H2,1-3H3. The van der Waals surface area contributed by atoms with Crippen LogP contribution in [0.4, 0.5) is 0 Å². The van der Waals surface area contributed by atoms with Crippen LogP contribution >= 0.6 is 0 Å². The Bertz CT molecular complexity index is 142. The van der Waals surface area contributed by atoms with Crippen LogP contribution in [0.25, 0.3) is 0 Å². The lowest BCUT2D eigenvalue weighted by atomic mass is 10.1. The van der Waals surface area contributed by atoms with Crippen molar-refractivity contribution in [1.29, 1.82) is 0 Å². The van der Waals surface area contributed by atoms with E-state index < -0.39 is 10.8 Å². The van der Waals surface area contributed by atoms with Crippen LogP contribution in [0.5, 0.6) is 0 Å². The van der Waals surface area contributed by atoms with Crippen LogP contribution in [0.3, 0.4) is 0 Å². The van der Waals surface area contributed by atoms with E-state index in [9.17, 15) is 4.21 Å². The highest BCUT2D eigenvalue weighted by molar-refractivity contribution is 7.84. The molecule has 1 saturated carbocycles. The van der Waals surface area contributed by atoms with Crippen LogP contribution in [-0.4, -0.2) is 16.2 Å². The molecule has 2 heteroatoms. The van der Waals surface area contributed by atoms with E-state index in [1.807, 2.05) is 0 Å². The van der Waals surface area contributed by atoms with E-state index >= 15 is 0 Å². The summed E-state index contributed by atoms with van der Waals surface area (Å²) in [6, 6.07) is 0. The van der Waals surface area contributed by atoms with Gasteiger partial charge in [-0.05, 0) is 24.2 Å². The number of hydrogen-bond acceptors (Lipinski definition) is 1. The molecule has 0 saturated heterocycles. The van der Waals surface area contributed by atoms with E-state index in [-0.39, 0.29) is 0 Å². The average Bonchev–Trinajstić information content (AvgIpc) is 2.43. The maximum absolute atomic E-state index is 10.8. The van der Waals surface area contributed by atoms with Gasteiger partial charge in [0.2, 0.25) is 0 Å².